The third kappa shape index (κ3) is 4.59. The van der Waals surface area contributed by atoms with E-state index in [1.807, 2.05) is 62.4 Å². The summed E-state index contributed by atoms with van der Waals surface area (Å²) in [4.78, 5) is 30.9. The molecule has 0 radical (unpaired) electrons. The van der Waals surface area contributed by atoms with Crippen LogP contribution in [0.1, 0.15) is 21.5 Å². The van der Waals surface area contributed by atoms with Gasteiger partial charge in [0.25, 0.3) is 11.5 Å². The number of aryl methyl sites for hydroxylation is 1. The Bertz CT molecular complexity index is 1440. The monoisotopic (exact) mass is 459 g/mol. The number of rotatable bonds is 6. The van der Waals surface area contributed by atoms with Crippen LogP contribution in [0, 0.1) is 18.6 Å². The van der Waals surface area contributed by atoms with Crippen LogP contribution in [0.2, 0.25) is 0 Å². The summed E-state index contributed by atoms with van der Waals surface area (Å²) in [5.74, 6) is 0.600. The largest absolute Gasteiger partial charge is 0.492 e. The molecule has 0 saturated carbocycles. The van der Waals surface area contributed by atoms with E-state index in [9.17, 15) is 9.59 Å². The standard InChI is InChI=1S/C26H25N3O3S/c1-17-8-7-11-23(18(17)2)29-25(31)21-13-12-19(16-22(21)27-26(29)33)24(30)28(3)14-15-32-20-9-5-4-6-10-20/h4-13,16H,14-15H2,1-3H3,(H,27,33). The third-order valence-electron chi connectivity index (χ3n) is 5.75. The van der Waals surface area contributed by atoms with Gasteiger partial charge in [0.1, 0.15) is 12.4 Å². The zero-order chi connectivity index (χ0) is 23.5. The van der Waals surface area contributed by atoms with Gasteiger partial charge in [-0.15, -0.1) is 0 Å². The number of carbonyl (C=O) groups excluding carboxylic acids is 1. The van der Waals surface area contributed by atoms with Crippen LogP contribution < -0.4 is 10.3 Å². The van der Waals surface area contributed by atoms with Crippen molar-refractivity contribution in [1.82, 2.24) is 14.5 Å². The highest BCUT2D eigenvalue weighted by atomic mass is 32.1. The van der Waals surface area contributed by atoms with Crippen molar-refractivity contribution < 1.29 is 9.53 Å². The van der Waals surface area contributed by atoms with Crippen molar-refractivity contribution in [2.24, 2.45) is 0 Å². The smallest absolute Gasteiger partial charge is 0.266 e. The van der Waals surface area contributed by atoms with Crippen LogP contribution >= 0.6 is 12.2 Å². The maximum Gasteiger partial charge on any atom is 0.266 e. The topological polar surface area (TPSA) is 67.3 Å². The minimum atomic E-state index is -0.217. The Kier molecular flexibility index (Phi) is 6.42. The number of aromatic amines is 1. The molecule has 0 bridgehead atoms. The van der Waals surface area contributed by atoms with Gasteiger partial charge in [0.15, 0.2) is 4.77 Å². The summed E-state index contributed by atoms with van der Waals surface area (Å²) in [7, 11) is 1.72. The molecule has 3 aromatic carbocycles. The zero-order valence-electron chi connectivity index (χ0n) is 18.8. The van der Waals surface area contributed by atoms with Crippen LogP contribution in [-0.2, 0) is 0 Å². The molecule has 0 aliphatic heterocycles. The molecule has 0 unspecified atom stereocenters. The van der Waals surface area contributed by atoms with E-state index in [1.54, 1.807) is 30.1 Å². The summed E-state index contributed by atoms with van der Waals surface area (Å²) in [5, 5.41) is 0.469. The molecule has 1 aromatic heterocycles. The Morgan fingerprint density at radius 3 is 2.58 bits per heavy atom. The first-order valence-corrected chi connectivity index (χ1v) is 11.1. The molecule has 0 saturated heterocycles. The number of fused-ring (bicyclic) bond motifs is 1. The molecule has 0 spiro atoms. The molecule has 0 aliphatic carbocycles. The fourth-order valence-corrected chi connectivity index (χ4v) is 3.98. The van der Waals surface area contributed by atoms with Gasteiger partial charge in [-0.1, -0.05) is 30.3 Å². The maximum absolute atomic E-state index is 13.3. The van der Waals surface area contributed by atoms with E-state index < -0.39 is 0 Å². The summed E-state index contributed by atoms with van der Waals surface area (Å²) in [5.41, 5.74) is 3.61. The number of carbonyl (C=O) groups is 1. The average molecular weight is 460 g/mol. The predicted octanol–water partition coefficient (Wildman–Crippen LogP) is 4.82. The molecule has 0 fully saturated rings. The third-order valence-corrected chi connectivity index (χ3v) is 6.03. The number of likely N-dealkylation sites (N-methyl/N-ethyl adjacent to an activating group) is 1. The first kappa shape index (κ1) is 22.5. The first-order chi connectivity index (χ1) is 15.9. The van der Waals surface area contributed by atoms with Crippen molar-refractivity contribution in [3.05, 3.63) is 98.5 Å². The van der Waals surface area contributed by atoms with Gasteiger partial charge in [-0.2, -0.15) is 0 Å². The lowest BCUT2D eigenvalue weighted by atomic mass is 10.1. The number of hydrogen-bond donors (Lipinski definition) is 1. The van der Waals surface area contributed by atoms with Crippen molar-refractivity contribution in [3.8, 4) is 11.4 Å². The van der Waals surface area contributed by atoms with Crippen molar-refractivity contribution in [3.63, 3.8) is 0 Å². The highest BCUT2D eigenvalue weighted by Crippen LogP contribution is 2.19. The lowest BCUT2D eigenvalue weighted by molar-refractivity contribution is 0.0774. The number of aromatic nitrogens is 2. The van der Waals surface area contributed by atoms with Crippen molar-refractivity contribution >= 4 is 29.0 Å². The van der Waals surface area contributed by atoms with Crippen LogP contribution in [0.15, 0.2) is 71.5 Å². The summed E-state index contributed by atoms with van der Waals surface area (Å²) < 4.78 is 7.48. The van der Waals surface area contributed by atoms with E-state index in [2.05, 4.69) is 4.98 Å². The van der Waals surface area contributed by atoms with E-state index in [0.29, 0.717) is 29.6 Å². The number of H-pyrrole nitrogens is 1. The minimum Gasteiger partial charge on any atom is -0.492 e. The van der Waals surface area contributed by atoms with Crippen molar-refractivity contribution in [2.45, 2.75) is 13.8 Å². The van der Waals surface area contributed by atoms with Gasteiger partial charge in [-0.05, 0) is 73.6 Å². The van der Waals surface area contributed by atoms with E-state index in [0.717, 1.165) is 22.6 Å². The highest BCUT2D eigenvalue weighted by molar-refractivity contribution is 7.71. The second kappa shape index (κ2) is 9.42. The summed E-state index contributed by atoms with van der Waals surface area (Å²) >= 11 is 5.51. The Hall–Kier alpha value is -3.71. The minimum absolute atomic E-state index is 0.161. The van der Waals surface area contributed by atoms with Crippen LogP contribution in [-0.4, -0.2) is 40.6 Å². The molecule has 7 heteroatoms. The summed E-state index contributed by atoms with van der Waals surface area (Å²) in [6.45, 7) is 4.77. The van der Waals surface area contributed by atoms with Crippen LogP contribution in [0.4, 0.5) is 0 Å². The Balaban J connectivity index is 1.59. The van der Waals surface area contributed by atoms with Gasteiger partial charge >= 0.3 is 0 Å². The normalized spacial score (nSPS) is 10.9. The quantitative estimate of drug-likeness (QED) is 0.420. The molecule has 4 aromatic rings. The highest BCUT2D eigenvalue weighted by Gasteiger charge is 2.15. The van der Waals surface area contributed by atoms with E-state index in [4.69, 9.17) is 17.0 Å². The Morgan fingerprint density at radius 1 is 1.06 bits per heavy atom. The zero-order valence-corrected chi connectivity index (χ0v) is 19.6. The Morgan fingerprint density at radius 2 is 1.82 bits per heavy atom. The number of para-hydroxylation sites is 1. The van der Waals surface area contributed by atoms with Crippen LogP contribution in [0.25, 0.3) is 16.6 Å². The number of ether oxygens (including phenoxy) is 1. The fraction of sp³-hybridized carbons (Fsp3) is 0.192. The molecular formula is C26H25N3O3S. The lowest BCUT2D eigenvalue weighted by Gasteiger charge is -2.18. The van der Waals surface area contributed by atoms with E-state index in [-0.39, 0.29) is 16.2 Å². The van der Waals surface area contributed by atoms with Gasteiger partial charge in [0.2, 0.25) is 0 Å². The van der Waals surface area contributed by atoms with E-state index in [1.165, 1.54) is 4.57 Å². The first-order valence-electron chi connectivity index (χ1n) is 10.7. The van der Waals surface area contributed by atoms with Crippen molar-refractivity contribution in [2.75, 3.05) is 20.2 Å². The van der Waals surface area contributed by atoms with Gasteiger partial charge in [-0.25, -0.2) is 0 Å². The van der Waals surface area contributed by atoms with Crippen LogP contribution in [0.3, 0.4) is 0 Å². The fourth-order valence-electron chi connectivity index (χ4n) is 3.69. The van der Waals surface area contributed by atoms with Crippen molar-refractivity contribution in [1.29, 1.82) is 0 Å². The molecule has 1 amide bonds. The molecule has 33 heavy (non-hydrogen) atoms. The van der Waals surface area contributed by atoms with Gasteiger partial charge in [0, 0.05) is 12.6 Å². The molecule has 4 rings (SSSR count). The number of nitrogens with one attached hydrogen (secondary N) is 1. The van der Waals surface area contributed by atoms with Gasteiger partial charge < -0.3 is 14.6 Å². The van der Waals surface area contributed by atoms with E-state index >= 15 is 0 Å². The van der Waals surface area contributed by atoms with Crippen LogP contribution in [0.5, 0.6) is 5.75 Å². The molecule has 0 aliphatic rings. The predicted molar refractivity (Wildman–Crippen MR) is 133 cm³/mol. The summed E-state index contributed by atoms with van der Waals surface area (Å²) in [6, 6.07) is 20.3. The SMILES string of the molecule is Cc1cccc(-n2c(=S)[nH]c3cc(C(=O)N(C)CCOc4ccccc4)ccc3c2=O)c1C. The van der Waals surface area contributed by atoms with Gasteiger partial charge in [0.05, 0.1) is 23.1 Å². The molecule has 6 nitrogen and oxygen atoms in total. The lowest BCUT2D eigenvalue weighted by Crippen LogP contribution is -2.31. The second-order valence-corrected chi connectivity index (χ2v) is 8.33. The maximum atomic E-state index is 13.3. The second-order valence-electron chi connectivity index (χ2n) is 7.94. The summed E-state index contributed by atoms with van der Waals surface area (Å²) in [6.07, 6.45) is 0. The molecule has 1 heterocycles. The molecule has 0 atom stereocenters. The average Bonchev–Trinajstić information content (AvgIpc) is 2.81. The van der Waals surface area contributed by atoms with Gasteiger partial charge in [-0.3, -0.25) is 14.2 Å². The molecule has 168 valence electrons. The number of hydrogen-bond acceptors (Lipinski definition) is 4. The number of amides is 1. The molecular weight excluding hydrogens is 434 g/mol. The molecule has 1 N–H and O–H groups in total. The Labute approximate surface area is 197 Å². The number of nitrogens with zero attached hydrogens (tertiary/aromatic N) is 2. The number of benzene rings is 3.